The molecule has 0 radical (unpaired) electrons. The van der Waals surface area contributed by atoms with Gasteiger partial charge in [0.05, 0.1) is 0 Å². The highest BCUT2D eigenvalue weighted by molar-refractivity contribution is 5.38. The number of nitrogens with one attached hydrogen (secondary N) is 2. The zero-order valence-corrected chi connectivity index (χ0v) is 9.27. The molecule has 5 nitrogen and oxygen atoms in total. The molecule has 2 aromatic heterocycles. The fourth-order valence-corrected chi connectivity index (χ4v) is 2.34. The Bertz CT molecular complexity index is 665. The molecule has 1 unspecified atom stereocenters. The summed E-state index contributed by atoms with van der Waals surface area (Å²) in [6.07, 6.45) is 1.02. The first-order chi connectivity index (χ1) is 8.25. The summed E-state index contributed by atoms with van der Waals surface area (Å²) in [7, 11) is 0. The monoisotopic (exact) mass is 231 g/mol. The van der Waals surface area contributed by atoms with E-state index in [2.05, 4.69) is 10.3 Å². The van der Waals surface area contributed by atoms with Crippen LogP contribution in [0.5, 0.6) is 0 Å². The van der Waals surface area contributed by atoms with Gasteiger partial charge < -0.3 is 10.3 Å². The lowest BCUT2D eigenvalue weighted by atomic mass is 10.1. The fourth-order valence-electron chi connectivity index (χ4n) is 2.34. The first-order valence-corrected chi connectivity index (χ1v) is 5.71. The van der Waals surface area contributed by atoms with Gasteiger partial charge in [-0.25, -0.2) is 4.40 Å². The highest BCUT2D eigenvalue weighted by Gasteiger charge is 2.18. The highest BCUT2D eigenvalue weighted by Crippen LogP contribution is 2.19. The van der Waals surface area contributed by atoms with Gasteiger partial charge in [-0.15, -0.1) is 0 Å². The van der Waals surface area contributed by atoms with Crippen LogP contribution in [0, 0.1) is 0 Å². The molecule has 2 aromatic rings. The molecule has 1 aliphatic rings. The van der Waals surface area contributed by atoms with E-state index >= 15 is 0 Å². The Balaban J connectivity index is 2.24. The molecule has 17 heavy (non-hydrogen) atoms. The summed E-state index contributed by atoms with van der Waals surface area (Å²) in [4.78, 5) is 26.6. The number of aromatic nitrogens is 2. The van der Waals surface area contributed by atoms with Crippen LogP contribution in [0.2, 0.25) is 0 Å². The van der Waals surface area contributed by atoms with E-state index in [0.717, 1.165) is 29.6 Å². The summed E-state index contributed by atoms with van der Waals surface area (Å²) in [5, 5.41) is 3.26. The molecule has 3 rings (SSSR count). The second-order valence-electron chi connectivity index (χ2n) is 4.34. The maximum Gasteiger partial charge on any atom is 0.260 e. The largest absolute Gasteiger partial charge is 0.344 e. The quantitative estimate of drug-likeness (QED) is 0.729. The lowest BCUT2D eigenvalue weighted by Crippen LogP contribution is -2.27. The van der Waals surface area contributed by atoms with Gasteiger partial charge in [0.25, 0.3) is 11.1 Å². The number of nitrogens with zero attached hydrogens (tertiary/aromatic N) is 1. The summed E-state index contributed by atoms with van der Waals surface area (Å²) in [6.45, 7) is 1.85. The maximum absolute atomic E-state index is 11.9. The Morgan fingerprint density at radius 1 is 1.24 bits per heavy atom. The van der Waals surface area contributed by atoms with Crippen LogP contribution >= 0.6 is 0 Å². The van der Waals surface area contributed by atoms with E-state index in [0.29, 0.717) is 11.6 Å². The van der Waals surface area contributed by atoms with Crippen LogP contribution in [0.1, 0.15) is 18.0 Å². The number of H-pyrrole nitrogens is 1. The van der Waals surface area contributed by atoms with Crippen LogP contribution in [0.4, 0.5) is 0 Å². The normalized spacial score (nSPS) is 19.9. The van der Waals surface area contributed by atoms with E-state index in [1.807, 2.05) is 0 Å². The lowest BCUT2D eigenvalue weighted by molar-refractivity contribution is 0.729. The van der Waals surface area contributed by atoms with Crippen molar-refractivity contribution in [1.82, 2.24) is 14.7 Å². The van der Waals surface area contributed by atoms with Gasteiger partial charge in [0.2, 0.25) is 0 Å². The van der Waals surface area contributed by atoms with Crippen LogP contribution in [0.3, 0.4) is 0 Å². The van der Waals surface area contributed by atoms with Crippen molar-refractivity contribution in [3.63, 3.8) is 0 Å². The van der Waals surface area contributed by atoms with Crippen LogP contribution in [-0.2, 0) is 0 Å². The Morgan fingerprint density at radius 3 is 2.88 bits per heavy atom. The summed E-state index contributed by atoms with van der Waals surface area (Å²) >= 11 is 0. The third-order valence-corrected chi connectivity index (χ3v) is 3.23. The van der Waals surface area contributed by atoms with Gasteiger partial charge in [-0.1, -0.05) is 6.07 Å². The molecule has 0 aromatic carbocycles. The van der Waals surface area contributed by atoms with Crippen LogP contribution in [-0.4, -0.2) is 22.5 Å². The molecule has 5 heteroatoms. The van der Waals surface area contributed by atoms with Crippen molar-refractivity contribution in [3.05, 3.63) is 50.7 Å². The van der Waals surface area contributed by atoms with Crippen molar-refractivity contribution in [1.29, 1.82) is 0 Å². The summed E-state index contributed by atoms with van der Waals surface area (Å²) in [6, 6.07) is 6.32. The van der Waals surface area contributed by atoms with Crippen molar-refractivity contribution in [3.8, 4) is 0 Å². The number of aromatic amines is 1. The molecule has 1 fully saturated rings. The molecule has 3 heterocycles. The van der Waals surface area contributed by atoms with Crippen molar-refractivity contribution >= 4 is 5.65 Å². The zero-order valence-electron chi connectivity index (χ0n) is 9.27. The summed E-state index contributed by atoms with van der Waals surface area (Å²) in [5.41, 5.74) is 0.920. The predicted octanol–water partition coefficient (Wildman–Crippen LogP) is 0.0647. The van der Waals surface area contributed by atoms with Gasteiger partial charge in [-0.05, 0) is 19.0 Å². The Hall–Kier alpha value is -1.88. The van der Waals surface area contributed by atoms with E-state index in [1.165, 1.54) is 12.1 Å². The average Bonchev–Trinajstić information content (AvgIpc) is 2.81. The molecule has 1 aliphatic heterocycles. The Labute approximate surface area is 97.1 Å². The minimum absolute atomic E-state index is 0.258. The smallest absolute Gasteiger partial charge is 0.260 e. The molecule has 0 bridgehead atoms. The van der Waals surface area contributed by atoms with Gasteiger partial charge in [-0.2, -0.15) is 0 Å². The summed E-state index contributed by atoms with van der Waals surface area (Å²) < 4.78 is 1.16. The second-order valence-corrected chi connectivity index (χ2v) is 4.34. The van der Waals surface area contributed by atoms with Gasteiger partial charge in [0.1, 0.15) is 5.65 Å². The van der Waals surface area contributed by atoms with E-state index < -0.39 is 0 Å². The minimum Gasteiger partial charge on any atom is -0.344 e. The summed E-state index contributed by atoms with van der Waals surface area (Å²) in [5.74, 6) is 0.336. The highest BCUT2D eigenvalue weighted by atomic mass is 16.2. The predicted molar refractivity (Wildman–Crippen MR) is 64.5 cm³/mol. The van der Waals surface area contributed by atoms with Crippen LogP contribution in [0.15, 0.2) is 33.9 Å². The van der Waals surface area contributed by atoms with Crippen molar-refractivity contribution < 1.29 is 0 Å². The minimum atomic E-state index is -0.292. The number of pyridine rings is 1. The maximum atomic E-state index is 11.9. The van der Waals surface area contributed by atoms with E-state index in [-0.39, 0.29) is 11.1 Å². The third-order valence-electron chi connectivity index (χ3n) is 3.23. The molecule has 2 N–H and O–H groups in total. The molecule has 88 valence electrons. The molecule has 0 saturated carbocycles. The van der Waals surface area contributed by atoms with Crippen molar-refractivity contribution in [2.24, 2.45) is 0 Å². The first-order valence-electron chi connectivity index (χ1n) is 5.71. The zero-order chi connectivity index (χ0) is 11.8. The van der Waals surface area contributed by atoms with Gasteiger partial charge in [-0.3, -0.25) is 9.59 Å². The fraction of sp³-hybridized carbons (Fsp3) is 0.333. The van der Waals surface area contributed by atoms with Gasteiger partial charge >= 0.3 is 0 Å². The van der Waals surface area contributed by atoms with E-state index in [4.69, 9.17) is 0 Å². The van der Waals surface area contributed by atoms with Crippen molar-refractivity contribution in [2.75, 3.05) is 13.1 Å². The Kier molecular flexibility index (Phi) is 2.33. The molecule has 1 atom stereocenters. The standard InChI is InChI=1S/C12H13N3O2/c16-11-3-1-2-10-14-9(6-12(17)15(10)11)8-4-5-13-7-8/h1-3,6,8,13-14H,4-5,7H2. The first kappa shape index (κ1) is 10.3. The number of rotatable bonds is 1. The molecule has 0 amide bonds. The molecule has 0 spiro atoms. The molecule has 0 aliphatic carbocycles. The molecular weight excluding hydrogens is 218 g/mol. The van der Waals surface area contributed by atoms with Crippen LogP contribution < -0.4 is 16.4 Å². The number of fused-ring (bicyclic) bond motifs is 1. The topological polar surface area (TPSA) is 66.4 Å². The van der Waals surface area contributed by atoms with Gasteiger partial charge in [0.15, 0.2) is 0 Å². The average molecular weight is 231 g/mol. The molecule has 1 saturated heterocycles. The molecular formula is C12H13N3O2. The van der Waals surface area contributed by atoms with E-state index in [9.17, 15) is 9.59 Å². The SMILES string of the molecule is O=c1cccc2[nH]c(C3CCNC3)cc(=O)n12. The van der Waals surface area contributed by atoms with E-state index in [1.54, 1.807) is 12.1 Å². The number of hydrogen-bond donors (Lipinski definition) is 2. The van der Waals surface area contributed by atoms with Gasteiger partial charge in [0, 0.05) is 30.3 Å². The van der Waals surface area contributed by atoms with Crippen molar-refractivity contribution in [2.45, 2.75) is 12.3 Å². The van der Waals surface area contributed by atoms with Crippen LogP contribution in [0.25, 0.3) is 5.65 Å². The lowest BCUT2D eigenvalue weighted by Gasteiger charge is -2.10. The Morgan fingerprint density at radius 2 is 2.12 bits per heavy atom. The third kappa shape index (κ3) is 1.68. The number of hydrogen-bond acceptors (Lipinski definition) is 3. The second kappa shape index (κ2) is 3.85.